The number of amides is 1. The molecule has 0 aliphatic carbocycles. The average molecular weight is 312 g/mol. The fourth-order valence-electron chi connectivity index (χ4n) is 2.75. The minimum atomic E-state index is -0.305. The van der Waals surface area contributed by atoms with E-state index in [1.54, 1.807) is 11.0 Å². The van der Waals surface area contributed by atoms with Gasteiger partial charge in [0.25, 0.3) is 0 Å². The zero-order valence-corrected chi connectivity index (χ0v) is 13.7. The standard InChI is InChI=1S/C19H21FN2O/c1-19(2,3)14-6-4-13(5-7-14)12-22-17-9-8-15(20)10-16(17)21-11-18(22)23/h4-10,21H,11-12H2,1-3H3. The van der Waals surface area contributed by atoms with Gasteiger partial charge in [-0.2, -0.15) is 0 Å². The Labute approximate surface area is 136 Å². The first-order chi connectivity index (χ1) is 10.8. The van der Waals surface area contributed by atoms with Gasteiger partial charge in [-0.1, -0.05) is 45.0 Å². The molecule has 1 N–H and O–H groups in total. The highest BCUT2D eigenvalue weighted by Crippen LogP contribution is 2.31. The van der Waals surface area contributed by atoms with Crippen LogP contribution in [0.3, 0.4) is 0 Å². The Morgan fingerprint density at radius 2 is 1.83 bits per heavy atom. The van der Waals surface area contributed by atoms with Crippen LogP contribution in [0, 0.1) is 5.82 Å². The van der Waals surface area contributed by atoms with Crippen LogP contribution in [0.4, 0.5) is 15.8 Å². The quantitative estimate of drug-likeness (QED) is 0.906. The third kappa shape index (κ3) is 3.21. The van der Waals surface area contributed by atoms with Crippen molar-refractivity contribution in [3.63, 3.8) is 0 Å². The molecule has 3 rings (SSSR count). The van der Waals surface area contributed by atoms with Crippen molar-refractivity contribution < 1.29 is 9.18 Å². The molecular formula is C19H21FN2O. The first kappa shape index (κ1) is 15.5. The van der Waals surface area contributed by atoms with Crippen molar-refractivity contribution in [2.45, 2.75) is 32.7 Å². The minimum Gasteiger partial charge on any atom is -0.374 e. The van der Waals surface area contributed by atoms with E-state index < -0.39 is 0 Å². The van der Waals surface area contributed by atoms with Gasteiger partial charge in [0.15, 0.2) is 0 Å². The second-order valence-corrected chi connectivity index (χ2v) is 6.94. The summed E-state index contributed by atoms with van der Waals surface area (Å²) in [4.78, 5) is 13.9. The predicted octanol–water partition coefficient (Wildman–Crippen LogP) is 4.08. The summed E-state index contributed by atoms with van der Waals surface area (Å²) < 4.78 is 13.4. The van der Waals surface area contributed by atoms with Crippen LogP contribution in [-0.4, -0.2) is 12.5 Å². The fraction of sp³-hybridized carbons (Fsp3) is 0.316. The number of nitrogens with zero attached hydrogens (tertiary/aromatic N) is 1. The number of anilines is 2. The SMILES string of the molecule is CC(C)(C)c1ccc(CN2C(=O)CNc3cc(F)ccc32)cc1. The van der Waals surface area contributed by atoms with Crippen LogP contribution in [0.15, 0.2) is 42.5 Å². The van der Waals surface area contributed by atoms with Gasteiger partial charge in [0.2, 0.25) is 5.91 Å². The molecule has 120 valence electrons. The maximum absolute atomic E-state index is 13.4. The molecule has 0 saturated carbocycles. The monoisotopic (exact) mass is 312 g/mol. The van der Waals surface area contributed by atoms with Gasteiger partial charge in [0, 0.05) is 0 Å². The molecule has 3 nitrogen and oxygen atoms in total. The maximum Gasteiger partial charge on any atom is 0.246 e. The molecule has 23 heavy (non-hydrogen) atoms. The molecule has 0 saturated heterocycles. The van der Waals surface area contributed by atoms with E-state index in [0.717, 1.165) is 11.3 Å². The number of fused-ring (bicyclic) bond motifs is 1. The molecule has 1 amide bonds. The topological polar surface area (TPSA) is 32.3 Å². The van der Waals surface area contributed by atoms with Crippen LogP contribution in [-0.2, 0) is 16.8 Å². The van der Waals surface area contributed by atoms with E-state index in [-0.39, 0.29) is 23.7 Å². The van der Waals surface area contributed by atoms with Gasteiger partial charge >= 0.3 is 0 Å². The summed E-state index contributed by atoms with van der Waals surface area (Å²) in [6, 6.07) is 12.8. The third-order valence-electron chi connectivity index (χ3n) is 4.14. The van der Waals surface area contributed by atoms with Crippen LogP contribution >= 0.6 is 0 Å². The van der Waals surface area contributed by atoms with E-state index in [9.17, 15) is 9.18 Å². The van der Waals surface area contributed by atoms with Gasteiger partial charge in [0.1, 0.15) is 5.82 Å². The lowest BCUT2D eigenvalue weighted by Crippen LogP contribution is -2.39. The molecule has 0 aromatic heterocycles. The number of benzene rings is 2. The molecule has 0 atom stereocenters. The molecule has 1 aliphatic rings. The molecule has 1 heterocycles. The van der Waals surface area contributed by atoms with Gasteiger partial charge in [-0.05, 0) is 34.7 Å². The Bertz CT molecular complexity index is 732. The minimum absolute atomic E-state index is 0.0102. The van der Waals surface area contributed by atoms with Crippen molar-refractivity contribution in [2.75, 3.05) is 16.8 Å². The van der Waals surface area contributed by atoms with Crippen molar-refractivity contribution >= 4 is 17.3 Å². The van der Waals surface area contributed by atoms with Crippen LogP contribution < -0.4 is 10.2 Å². The number of rotatable bonds is 2. The van der Waals surface area contributed by atoms with Crippen molar-refractivity contribution in [2.24, 2.45) is 0 Å². The summed E-state index contributed by atoms with van der Waals surface area (Å²) in [6.07, 6.45) is 0. The summed E-state index contributed by atoms with van der Waals surface area (Å²) in [5.41, 5.74) is 3.81. The lowest BCUT2D eigenvalue weighted by Gasteiger charge is -2.30. The second-order valence-electron chi connectivity index (χ2n) is 6.94. The molecule has 0 spiro atoms. The Morgan fingerprint density at radius 1 is 1.13 bits per heavy atom. The van der Waals surface area contributed by atoms with Crippen LogP contribution in [0.1, 0.15) is 31.9 Å². The molecule has 2 aromatic carbocycles. The fourth-order valence-corrected chi connectivity index (χ4v) is 2.75. The van der Waals surface area contributed by atoms with Gasteiger partial charge in [-0.25, -0.2) is 4.39 Å². The Hall–Kier alpha value is -2.36. The van der Waals surface area contributed by atoms with E-state index >= 15 is 0 Å². The zero-order valence-electron chi connectivity index (χ0n) is 13.7. The number of halogens is 1. The summed E-state index contributed by atoms with van der Waals surface area (Å²) in [6.45, 7) is 7.20. The third-order valence-corrected chi connectivity index (χ3v) is 4.14. The normalized spacial score (nSPS) is 14.4. The number of nitrogens with one attached hydrogen (secondary N) is 1. The highest BCUT2D eigenvalue weighted by molar-refractivity contribution is 6.02. The average Bonchev–Trinajstić information content (AvgIpc) is 2.50. The van der Waals surface area contributed by atoms with Crippen LogP contribution in [0.25, 0.3) is 0 Å². The van der Waals surface area contributed by atoms with Gasteiger partial charge < -0.3 is 10.2 Å². The molecule has 0 fully saturated rings. The highest BCUT2D eigenvalue weighted by Gasteiger charge is 2.24. The van der Waals surface area contributed by atoms with E-state index in [2.05, 4.69) is 50.4 Å². The lowest BCUT2D eigenvalue weighted by atomic mass is 9.87. The Morgan fingerprint density at radius 3 is 2.48 bits per heavy atom. The van der Waals surface area contributed by atoms with E-state index in [1.807, 2.05) is 0 Å². The largest absolute Gasteiger partial charge is 0.374 e. The van der Waals surface area contributed by atoms with Crippen molar-refractivity contribution in [3.8, 4) is 0 Å². The second kappa shape index (κ2) is 5.69. The number of hydrogen-bond donors (Lipinski definition) is 1. The predicted molar refractivity (Wildman–Crippen MR) is 91.2 cm³/mol. The number of carbonyl (C=O) groups excluding carboxylic acids is 1. The van der Waals surface area contributed by atoms with E-state index in [0.29, 0.717) is 12.2 Å². The molecule has 0 radical (unpaired) electrons. The molecule has 0 bridgehead atoms. The molecule has 4 heteroatoms. The van der Waals surface area contributed by atoms with Gasteiger partial charge in [-0.15, -0.1) is 0 Å². The van der Waals surface area contributed by atoms with Gasteiger partial charge in [0.05, 0.1) is 24.5 Å². The van der Waals surface area contributed by atoms with Crippen LogP contribution in [0.2, 0.25) is 0 Å². The summed E-state index contributed by atoms with van der Waals surface area (Å²) in [5.74, 6) is -0.316. The smallest absolute Gasteiger partial charge is 0.246 e. The summed E-state index contributed by atoms with van der Waals surface area (Å²) in [7, 11) is 0. The molecule has 2 aromatic rings. The first-order valence-corrected chi connectivity index (χ1v) is 7.78. The molecule has 1 aliphatic heterocycles. The Kier molecular flexibility index (Phi) is 3.84. The Balaban J connectivity index is 1.87. The highest BCUT2D eigenvalue weighted by atomic mass is 19.1. The first-order valence-electron chi connectivity index (χ1n) is 7.78. The van der Waals surface area contributed by atoms with Gasteiger partial charge in [-0.3, -0.25) is 4.79 Å². The maximum atomic E-state index is 13.4. The van der Waals surface area contributed by atoms with Crippen molar-refractivity contribution in [1.82, 2.24) is 0 Å². The molecule has 0 unspecified atom stereocenters. The number of hydrogen-bond acceptors (Lipinski definition) is 2. The summed E-state index contributed by atoms with van der Waals surface area (Å²) >= 11 is 0. The number of carbonyl (C=O) groups is 1. The molecular weight excluding hydrogens is 291 g/mol. The van der Waals surface area contributed by atoms with Crippen molar-refractivity contribution in [3.05, 3.63) is 59.4 Å². The zero-order chi connectivity index (χ0) is 16.6. The van der Waals surface area contributed by atoms with E-state index in [1.165, 1.54) is 17.7 Å². The van der Waals surface area contributed by atoms with Crippen LogP contribution in [0.5, 0.6) is 0 Å². The van der Waals surface area contributed by atoms with E-state index in [4.69, 9.17) is 0 Å². The van der Waals surface area contributed by atoms with Crippen molar-refractivity contribution in [1.29, 1.82) is 0 Å². The lowest BCUT2D eigenvalue weighted by molar-refractivity contribution is -0.117. The summed E-state index contributed by atoms with van der Waals surface area (Å²) in [5, 5.41) is 2.97.